The van der Waals surface area contributed by atoms with Crippen LogP contribution in [0.15, 0.2) is 9.50 Å². The van der Waals surface area contributed by atoms with Gasteiger partial charge in [-0.2, -0.15) is 19.3 Å². The lowest BCUT2D eigenvalue weighted by atomic mass is 10.5. The second-order valence-electron chi connectivity index (χ2n) is 4.10. The maximum Gasteiger partial charge on any atom is 0.230 e. The summed E-state index contributed by atoms with van der Waals surface area (Å²) in [6.07, 6.45) is 0.833. The fraction of sp³-hybridized carbons (Fsp3) is 0.545. The van der Waals surface area contributed by atoms with Crippen molar-refractivity contribution in [3.8, 4) is 0 Å². The molecule has 20 heavy (non-hydrogen) atoms. The molecule has 2 aromatic heterocycles. The Labute approximate surface area is 126 Å². The van der Waals surface area contributed by atoms with Gasteiger partial charge in [-0.3, -0.25) is 0 Å². The average Bonchev–Trinajstić information content (AvgIpc) is 2.86. The largest absolute Gasteiger partial charge is 0.354 e. The molecule has 1 N–H and O–H groups in total. The van der Waals surface area contributed by atoms with Crippen LogP contribution in [0.1, 0.15) is 19.7 Å². The molecular formula is C11H17N7S2. The highest BCUT2D eigenvalue weighted by Crippen LogP contribution is 2.27. The van der Waals surface area contributed by atoms with Gasteiger partial charge in [0, 0.05) is 27.1 Å². The molecule has 0 aliphatic rings. The Bertz CT molecular complexity index is 570. The van der Waals surface area contributed by atoms with Gasteiger partial charge in [-0.25, -0.2) is 4.98 Å². The van der Waals surface area contributed by atoms with Crippen LogP contribution < -0.4 is 10.2 Å². The van der Waals surface area contributed by atoms with Crippen molar-refractivity contribution in [1.29, 1.82) is 0 Å². The van der Waals surface area contributed by atoms with Gasteiger partial charge < -0.3 is 10.2 Å². The molecule has 0 spiro atoms. The highest BCUT2D eigenvalue weighted by Gasteiger charge is 2.11. The first-order chi connectivity index (χ1) is 9.62. The lowest BCUT2D eigenvalue weighted by Crippen LogP contribution is -2.15. The summed E-state index contributed by atoms with van der Waals surface area (Å²) in [4.78, 5) is 19.4. The molecule has 0 atom stereocenters. The van der Waals surface area contributed by atoms with Crippen molar-refractivity contribution in [2.75, 3.05) is 30.9 Å². The second-order valence-corrected chi connectivity index (χ2v) is 6.06. The Balaban J connectivity index is 2.25. The molecule has 0 amide bonds. The molecule has 0 aromatic carbocycles. The number of hydrogen-bond acceptors (Lipinski definition) is 9. The second kappa shape index (κ2) is 6.80. The van der Waals surface area contributed by atoms with E-state index < -0.39 is 0 Å². The predicted octanol–water partition coefficient (Wildman–Crippen LogP) is 1.93. The van der Waals surface area contributed by atoms with E-state index in [0.717, 1.165) is 23.1 Å². The molecule has 0 unspecified atom stereocenters. The monoisotopic (exact) mass is 311 g/mol. The van der Waals surface area contributed by atoms with Gasteiger partial charge in [0.05, 0.1) is 0 Å². The van der Waals surface area contributed by atoms with Crippen LogP contribution in [-0.2, 0) is 6.42 Å². The minimum absolute atomic E-state index is 0.578. The van der Waals surface area contributed by atoms with Gasteiger partial charge in [-0.05, 0) is 30.2 Å². The van der Waals surface area contributed by atoms with Crippen LogP contribution in [0.5, 0.6) is 0 Å². The molecule has 2 rings (SSSR count). The topological polar surface area (TPSA) is 79.7 Å². The van der Waals surface area contributed by atoms with Crippen molar-refractivity contribution < 1.29 is 0 Å². The van der Waals surface area contributed by atoms with Crippen molar-refractivity contribution in [1.82, 2.24) is 24.3 Å². The van der Waals surface area contributed by atoms with Gasteiger partial charge >= 0.3 is 0 Å². The van der Waals surface area contributed by atoms with Crippen LogP contribution >= 0.6 is 23.3 Å². The summed E-state index contributed by atoms with van der Waals surface area (Å²) in [6.45, 7) is 4.80. The van der Waals surface area contributed by atoms with E-state index in [1.54, 1.807) is 0 Å². The summed E-state index contributed by atoms with van der Waals surface area (Å²) >= 11 is 2.78. The normalized spacial score (nSPS) is 10.6. The van der Waals surface area contributed by atoms with E-state index >= 15 is 0 Å². The molecule has 0 bridgehead atoms. The van der Waals surface area contributed by atoms with Crippen LogP contribution in [-0.4, -0.2) is 44.9 Å². The first-order valence-electron chi connectivity index (χ1n) is 6.30. The lowest BCUT2D eigenvalue weighted by molar-refractivity contribution is 0.862. The number of nitrogens with one attached hydrogen (secondary N) is 1. The molecule has 0 aliphatic heterocycles. The van der Waals surface area contributed by atoms with Crippen molar-refractivity contribution in [3.63, 3.8) is 0 Å². The lowest BCUT2D eigenvalue weighted by Gasteiger charge is -2.12. The zero-order valence-electron chi connectivity index (χ0n) is 11.9. The number of aromatic nitrogens is 5. The Morgan fingerprint density at radius 1 is 1.15 bits per heavy atom. The van der Waals surface area contributed by atoms with E-state index in [2.05, 4.69) is 29.6 Å². The minimum Gasteiger partial charge on any atom is -0.354 e. The molecule has 0 radical (unpaired) electrons. The molecule has 2 aromatic rings. The average molecular weight is 311 g/mol. The van der Waals surface area contributed by atoms with E-state index in [1.165, 1.54) is 23.3 Å². The summed E-state index contributed by atoms with van der Waals surface area (Å²) in [5.41, 5.74) is 0. The number of anilines is 2. The molecule has 2 heterocycles. The summed E-state index contributed by atoms with van der Waals surface area (Å²) in [5, 5.41) is 3.73. The van der Waals surface area contributed by atoms with Crippen molar-refractivity contribution in [3.05, 3.63) is 5.82 Å². The third kappa shape index (κ3) is 3.76. The summed E-state index contributed by atoms with van der Waals surface area (Å²) in [5.74, 6) is 2.05. The third-order valence-corrected chi connectivity index (χ3v) is 3.94. The number of aryl methyl sites for hydroxylation is 1. The summed E-state index contributed by atoms with van der Waals surface area (Å²) < 4.78 is 5.11. The van der Waals surface area contributed by atoms with Crippen molar-refractivity contribution in [2.24, 2.45) is 0 Å². The van der Waals surface area contributed by atoms with Gasteiger partial charge in [-0.15, -0.1) is 0 Å². The maximum absolute atomic E-state index is 4.41. The van der Waals surface area contributed by atoms with Gasteiger partial charge in [0.2, 0.25) is 17.1 Å². The number of nitrogens with zero attached hydrogens (tertiary/aromatic N) is 6. The standard InChI is InChI=1S/C11H17N7S2/c1-5-7-13-11(20-17-7)19-10-15-8(12-6-2)14-9(16-10)18(3)4/h5-6H2,1-4H3,(H,12,14,15,16). The smallest absolute Gasteiger partial charge is 0.230 e. The predicted molar refractivity (Wildman–Crippen MR) is 81.7 cm³/mol. The molecule has 0 saturated carbocycles. The number of rotatable bonds is 6. The number of hydrogen-bond donors (Lipinski definition) is 1. The highest BCUT2D eigenvalue weighted by molar-refractivity contribution is 8.00. The van der Waals surface area contributed by atoms with Gasteiger partial charge in [0.1, 0.15) is 5.82 Å². The quantitative estimate of drug-likeness (QED) is 0.867. The van der Waals surface area contributed by atoms with Gasteiger partial charge in [0.25, 0.3) is 0 Å². The van der Waals surface area contributed by atoms with E-state index in [4.69, 9.17) is 0 Å². The van der Waals surface area contributed by atoms with Crippen LogP contribution in [0.3, 0.4) is 0 Å². The Hall–Kier alpha value is -1.48. The van der Waals surface area contributed by atoms with E-state index in [9.17, 15) is 0 Å². The van der Waals surface area contributed by atoms with E-state index in [-0.39, 0.29) is 0 Å². The van der Waals surface area contributed by atoms with Gasteiger partial charge in [-0.1, -0.05) is 6.92 Å². The Kier molecular flexibility index (Phi) is 5.07. The van der Waals surface area contributed by atoms with Crippen LogP contribution in [0, 0.1) is 0 Å². The third-order valence-electron chi connectivity index (χ3n) is 2.28. The summed E-state index contributed by atoms with van der Waals surface area (Å²) in [7, 11) is 3.80. The maximum atomic E-state index is 4.41. The van der Waals surface area contributed by atoms with Gasteiger partial charge in [0.15, 0.2) is 4.34 Å². The van der Waals surface area contributed by atoms with Crippen molar-refractivity contribution >= 4 is 35.2 Å². The van der Waals surface area contributed by atoms with Crippen LogP contribution in [0.2, 0.25) is 0 Å². The zero-order chi connectivity index (χ0) is 14.5. The molecular weight excluding hydrogens is 294 g/mol. The van der Waals surface area contributed by atoms with Crippen LogP contribution in [0.25, 0.3) is 0 Å². The first kappa shape index (κ1) is 14.9. The molecule has 9 heteroatoms. The molecule has 0 fully saturated rings. The van der Waals surface area contributed by atoms with E-state index in [0.29, 0.717) is 17.1 Å². The SMILES string of the molecule is CCNc1nc(Sc2nc(CC)ns2)nc(N(C)C)n1. The Morgan fingerprint density at radius 2 is 1.95 bits per heavy atom. The fourth-order valence-electron chi connectivity index (χ4n) is 1.33. The van der Waals surface area contributed by atoms with Crippen molar-refractivity contribution in [2.45, 2.75) is 29.8 Å². The zero-order valence-corrected chi connectivity index (χ0v) is 13.5. The summed E-state index contributed by atoms with van der Waals surface area (Å²) in [6, 6.07) is 0. The minimum atomic E-state index is 0.578. The fourth-order valence-corrected chi connectivity index (χ4v) is 2.88. The molecule has 7 nitrogen and oxygen atoms in total. The Morgan fingerprint density at radius 3 is 2.55 bits per heavy atom. The van der Waals surface area contributed by atoms with Crippen LogP contribution in [0.4, 0.5) is 11.9 Å². The highest BCUT2D eigenvalue weighted by atomic mass is 32.2. The first-order valence-corrected chi connectivity index (χ1v) is 7.89. The van der Waals surface area contributed by atoms with E-state index in [1.807, 2.05) is 32.8 Å². The molecule has 108 valence electrons. The molecule has 0 aliphatic carbocycles. The molecule has 0 saturated heterocycles.